The van der Waals surface area contributed by atoms with Crippen LogP contribution in [-0.2, 0) is 26.7 Å². The Morgan fingerprint density at radius 1 is 1.29 bits per heavy atom. The fourth-order valence-electron chi connectivity index (χ4n) is 3.01. The number of amides is 1. The molecule has 0 aliphatic rings. The van der Waals surface area contributed by atoms with Crippen molar-refractivity contribution < 1.29 is 26.7 Å². The quantitative estimate of drug-likeness (QED) is 0.534. The first-order chi connectivity index (χ1) is 14.6. The number of ether oxygens (including phenoxy) is 1. The van der Waals surface area contributed by atoms with Gasteiger partial charge in [-0.15, -0.1) is 0 Å². The van der Waals surface area contributed by atoms with E-state index in [4.69, 9.17) is 4.74 Å². The minimum Gasteiger partial charge on any atom is -0.445 e. The fourth-order valence-corrected chi connectivity index (χ4v) is 4.11. The Balaban J connectivity index is 2.32. The van der Waals surface area contributed by atoms with Crippen LogP contribution in [0.3, 0.4) is 0 Å². The number of nitriles is 1. The molecular formula is C21H21BrF2N2O4S. The molecule has 2 aromatic carbocycles. The van der Waals surface area contributed by atoms with Gasteiger partial charge < -0.3 is 10.1 Å². The molecular weight excluding hydrogens is 494 g/mol. The van der Waals surface area contributed by atoms with Gasteiger partial charge in [-0.05, 0) is 36.6 Å². The smallest absolute Gasteiger partial charge is 0.408 e. The lowest BCUT2D eigenvalue weighted by molar-refractivity contribution is 0.116. The third-order valence-corrected chi connectivity index (χ3v) is 6.59. The van der Waals surface area contributed by atoms with Crippen LogP contribution in [0.4, 0.5) is 13.6 Å². The molecule has 0 aliphatic carbocycles. The lowest BCUT2D eigenvalue weighted by Crippen LogP contribution is -2.49. The van der Waals surface area contributed by atoms with Gasteiger partial charge in [0.15, 0.2) is 9.84 Å². The molecule has 6 nitrogen and oxygen atoms in total. The number of alkyl carbamates (subject to hydrolysis) is 1. The first-order valence-electron chi connectivity index (χ1n) is 9.20. The van der Waals surface area contributed by atoms with Crippen LogP contribution in [0.25, 0.3) is 0 Å². The minimum absolute atomic E-state index is 0.0971. The predicted octanol–water partition coefficient (Wildman–Crippen LogP) is 4.40. The molecule has 31 heavy (non-hydrogen) atoms. The van der Waals surface area contributed by atoms with Gasteiger partial charge in [-0.2, -0.15) is 5.26 Å². The van der Waals surface area contributed by atoms with E-state index in [0.717, 1.165) is 12.3 Å². The molecule has 2 rings (SSSR count). The number of hydrogen-bond acceptors (Lipinski definition) is 5. The van der Waals surface area contributed by atoms with E-state index in [1.807, 2.05) is 0 Å². The second kappa shape index (κ2) is 10.7. The summed E-state index contributed by atoms with van der Waals surface area (Å²) in [6.07, 6.45) is -0.778. The monoisotopic (exact) mass is 514 g/mol. The highest BCUT2D eigenvalue weighted by molar-refractivity contribution is 9.10. The van der Waals surface area contributed by atoms with E-state index in [2.05, 4.69) is 21.2 Å². The van der Waals surface area contributed by atoms with Crippen molar-refractivity contribution in [3.63, 3.8) is 0 Å². The molecule has 2 atom stereocenters. The summed E-state index contributed by atoms with van der Waals surface area (Å²) in [5.74, 6) is -0.794. The molecule has 0 saturated carbocycles. The first-order valence-corrected chi connectivity index (χ1v) is 11.9. The molecule has 0 saturated heterocycles. The summed E-state index contributed by atoms with van der Waals surface area (Å²) in [5.41, 5.74) is -1.42. The zero-order valence-corrected chi connectivity index (χ0v) is 19.0. The number of hydrogen-bond donors (Lipinski definition) is 1. The first kappa shape index (κ1) is 24.8. The number of alkyl halides is 1. The van der Waals surface area contributed by atoms with Crippen LogP contribution in [0.5, 0.6) is 0 Å². The lowest BCUT2D eigenvalue weighted by atomic mass is 9.85. The molecule has 0 radical (unpaired) electrons. The SMILES string of the molecule is CS(=O)(=O)C(C#N)CC[C@](CF)(NC(=O)OCc1ccccc1)c1cc(Br)ccc1F. The van der Waals surface area contributed by atoms with E-state index < -0.39 is 39.2 Å². The largest absolute Gasteiger partial charge is 0.445 e. The van der Waals surface area contributed by atoms with Crippen molar-refractivity contribution in [3.05, 3.63) is 69.9 Å². The molecule has 166 valence electrons. The average Bonchev–Trinajstić information content (AvgIpc) is 2.73. The maximum Gasteiger partial charge on any atom is 0.408 e. The molecule has 2 aromatic rings. The number of carbonyl (C=O) groups is 1. The molecule has 1 N–H and O–H groups in total. The third kappa shape index (κ3) is 6.74. The van der Waals surface area contributed by atoms with Crippen LogP contribution in [0.2, 0.25) is 0 Å². The van der Waals surface area contributed by atoms with Gasteiger partial charge >= 0.3 is 6.09 Å². The molecule has 0 aliphatic heterocycles. The summed E-state index contributed by atoms with van der Waals surface area (Å²) in [5, 5.41) is 10.1. The minimum atomic E-state index is -3.75. The van der Waals surface area contributed by atoms with Crippen molar-refractivity contribution in [1.82, 2.24) is 5.32 Å². The highest BCUT2D eigenvalue weighted by Gasteiger charge is 2.39. The molecule has 0 bridgehead atoms. The normalized spacial score (nSPS) is 14.2. The fraction of sp³-hybridized carbons (Fsp3) is 0.333. The Morgan fingerprint density at radius 3 is 2.55 bits per heavy atom. The summed E-state index contributed by atoms with van der Waals surface area (Å²) >= 11 is 3.19. The molecule has 1 amide bonds. The van der Waals surface area contributed by atoms with Gasteiger partial charge in [0.1, 0.15) is 24.3 Å². The van der Waals surface area contributed by atoms with Crippen molar-refractivity contribution in [1.29, 1.82) is 5.26 Å². The summed E-state index contributed by atoms with van der Waals surface area (Å²) in [6, 6.07) is 14.2. The van der Waals surface area contributed by atoms with Crippen molar-refractivity contribution in [3.8, 4) is 6.07 Å². The second-order valence-electron chi connectivity index (χ2n) is 7.01. The molecule has 10 heteroatoms. The van der Waals surface area contributed by atoms with E-state index in [1.54, 1.807) is 36.4 Å². The molecule has 0 spiro atoms. The van der Waals surface area contributed by atoms with Gasteiger partial charge in [0.05, 0.1) is 11.6 Å². The van der Waals surface area contributed by atoms with E-state index >= 15 is 0 Å². The van der Waals surface area contributed by atoms with E-state index in [-0.39, 0.29) is 25.0 Å². The third-order valence-electron chi connectivity index (χ3n) is 4.72. The topological polar surface area (TPSA) is 96.3 Å². The number of carbonyl (C=O) groups excluding carboxylic acids is 1. The van der Waals surface area contributed by atoms with Gasteiger partial charge in [-0.25, -0.2) is 22.0 Å². The van der Waals surface area contributed by atoms with Crippen molar-refractivity contribution in [2.75, 3.05) is 12.9 Å². The summed E-state index contributed by atoms with van der Waals surface area (Å²) < 4.78 is 58.2. The van der Waals surface area contributed by atoms with Crippen LogP contribution < -0.4 is 5.32 Å². The van der Waals surface area contributed by atoms with Crippen LogP contribution in [-0.4, -0.2) is 32.7 Å². The predicted molar refractivity (Wildman–Crippen MR) is 115 cm³/mol. The van der Waals surface area contributed by atoms with E-state index in [0.29, 0.717) is 10.0 Å². The van der Waals surface area contributed by atoms with E-state index in [9.17, 15) is 27.3 Å². The highest BCUT2D eigenvalue weighted by Crippen LogP contribution is 2.33. The summed E-state index contributed by atoms with van der Waals surface area (Å²) in [7, 11) is -3.75. The maximum atomic E-state index is 14.6. The van der Waals surface area contributed by atoms with Gasteiger partial charge in [0, 0.05) is 16.3 Å². The summed E-state index contributed by atoms with van der Waals surface area (Å²) in [4.78, 5) is 12.5. The number of benzene rings is 2. The van der Waals surface area contributed by atoms with Gasteiger partial charge in [-0.1, -0.05) is 46.3 Å². The highest BCUT2D eigenvalue weighted by atomic mass is 79.9. The van der Waals surface area contributed by atoms with Gasteiger partial charge in [0.25, 0.3) is 0 Å². The molecule has 0 fully saturated rings. The second-order valence-corrected chi connectivity index (χ2v) is 10.2. The lowest BCUT2D eigenvalue weighted by Gasteiger charge is -2.33. The van der Waals surface area contributed by atoms with Crippen molar-refractivity contribution in [2.24, 2.45) is 0 Å². The number of sulfone groups is 1. The number of nitrogens with one attached hydrogen (secondary N) is 1. The van der Waals surface area contributed by atoms with Crippen molar-refractivity contribution >= 4 is 31.9 Å². The maximum absolute atomic E-state index is 14.6. The van der Waals surface area contributed by atoms with Crippen molar-refractivity contribution in [2.45, 2.75) is 30.2 Å². The molecule has 1 unspecified atom stereocenters. The number of nitrogens with zero attached hydrogens (tertiary/aromatic N) is 1. The van der Waals surface area contributed by atoms with Gasteiger partial charge in [0.2, 0.25) is 0 Å². The van der Waals surface area contributed by atoms with E-state index in [1.165, 1.54) is 12.1 Å². The van der Waals surface area contributed by atoms with Crippen LogP contribution in [0.15, 0.2) is 53.0 Å². The number of halogens is 3. The Kier molecular flexibility index (Phi) is 8.53. The Labute approximate surface area is 188 Å². The van der Waals surface area contributed by atoms with Crippen LogP contribution >= 0.6 is 15.9 Å². The summed E-state index contributed by atoms with van der Waals surface area (Å²) in [6.45, 7) is -1.34. The molecule has 0 aromatic heterocycles. The standard InChI is InChI=1S/C21H21BrF2N2O4S/c1-31(28,29)17(12-25)9-10-21(14-23,18-11-16(22)7-8-19(18)24)26-20(27)30-13-15-5-3-2-4-6-15/h2-8,11,17H,9-10,13-14H2,1H3,(H,26,27)/t17?,21-/m1/s1. The Morgan fingerprint density at radius 2 is 1.97 bits per heavy atom. The molecule has 0 heterocycles. The zero-order chi connectivity index (χ0) is 23.1. The van der Waals surface area contributed by atoms with Crippen LogP contribution in [0, 0.1) is 17.1 Å². The Hall–Kier alpha value is -2.51. The Bertz CT molecular complexity index is 1060. The zero-order valence-electron chi connectivity index (χ0n) is 16.6. The number of rotatable bonds is 9. The average molecular weight is 515 g/mol. The van der Waals surface area contributed by atoms with Gasteiger partial charge in [-0.3, -0.25) is 0 Å². The van der Waals surface area contributed by atoms with Crippen LogP contribution in [0.1, 0.15) is 24.0 Å².